The number of fused-ring (bicyclic) bond motifs is 10. The summed E-state index contributed by atoms with van der Waals surface area (Å²) >= 11 is 0. The second kappa shape index (κ2) is 10.4. The van der Waals surface area contributed by atoms with E-state index in [2.05, 4.69) is 170 Å². The van der Waals surface area contributed by atoms with E-state index in [0.29, 0.717) is 0 Å². The highest BCUT2D eigenvalue weighted by Crippen LogP contribution is 2.59. The first-order chi connectivity index (χ1) is 29.4. The number of Topliss-reactive ketones (excluding diaryl/α,β-unsaturated/α-hetero) is 2. The number of benzene rings is 8. The third-order valence-electron chi connectivity index (χ3n) is 15.6. The Kier molecular flexibility index (Phi) is 5.50. The predicted octanol–water partition coefficient (Wildman–Crippen LogP) is 12.8. The Morgan fingerprint density at radius 3 is 1.32 bits per heavy atom. The highest BCUT2D eigenvalue weighted by molar-refractivity contribution is 6.30. The summed E-state index contributed by atoms with van der Waals surface area (Å²) in [5.74, 6) is -0.502. The Bertz CT molecular complexity index is 3610. The Balaban J connectivity index is 1.12. The van der Waals surface area contributed by atoms with Crippen molar-refractivity contribution in [2.75, 3.05) is 0 Å². The number of nitrogens with zero attached hydrogens (tertiary/aromatic N) is 1. The van der Waals surface area contributed by atoms with Crippen LogP contribution in [0.25, 0.3) is 49.2 Å². The first kappa shape index (κ1) is 31.8. The summed E-state index contributed by atoms with van der Waals surface area (Å²) < 4.78 is 2.42. The van der Waals surface area contributed by atoms with Crippen molar-refractivity contribution in [1.82, 2.24) is 4.40 Å². The number of carbonyl (C=O) groups is 2. The van der Waals surface area contributed by atoms with Gasteiger partial charge in [0.15, 0.2) is 11.6 Å². The van der Waals surface area contributed by atoms with E-state index in [9.17, 15) is 0 Å². The smallest absolute Gasteiger partial charge is 0.175 e. The topological polar surface area (TPSA) is 38.5 Å². The van der Waals surface area contributed by atoms with Crippen LogP contribution in [0.2, 0.25) is 0 Å². The molecule has 0 atom stereocenters. The minimum atomic E-state index is -0.359. The molecular formula is C57H35NO2. The molecule has 7 aliphatic rings. The van der Waals surface area contributed by atoms with Gasteiger partial charge in [0.1, 0.15) is 0 Å². The molecular weight excluding hydrogens is 731 g/mol. The van der Waals surface area contributed by atoms with Gasteiger partial charge in [-0.1, -0.05) is 135 Å². The van der Waals surface area contributed by atoms with Gasteiger partial charge in [0.05, 0.1) is 28.4 Å². The van der Waals surface area contributed by atoms with Crippen LogP contribution in [0.4, 0.5) is 0 Å². The van der Waals surface area contributed by atoms with Crippen molar-refractivity contribution < 1.29 is 9.59 Å². The van der Waals surface area contributed by atoms with Crippen LogP contribution in [0.15, 0.2) is 152 Å². The fraction of sp³-hybridized carbons (Fsp3) is 0.123. The van der Waals surface area contributed by atoms with Crippen LogP contribution in [0, 0.1) is 0 Å². The van der Waals surface area contributed by atoms with Crippen molar-refractivity contribution in [2.24, 2.45) is 0 Å². The zero-order valence-electron chi connectivity index (χ0n) is 33.0. The van der Waals surface area contributed by atoms with Gasteiger partial charge in [-0.15, -0.1) is 0 Å². The maximum absolute atomic E-state index is 15.3. The van der Waals surface area contributed by atoms with Crippen LogP contribution in [-0.2, 0) is 5.41 Å². The van der Waals surface area contributed by atoms with E-state index >= 15 is 9.59 Å². The Labute approximate surface area is 345 Å². The van der Waals surface area contributed by atoms with Gasteiger partial charge in [-0.25, -0.2) is 0 Å². The highest BCUT2D eigenvalue weighted by Gasteiger charge is 2.46. The van der Waals surface area contributed by atoms with Crippen LogP contribution in [0.5, 0.6) is 0 Å². The molecule has 0 radical (unpaired) electrons. The summed E-state index contributed by atoms with van der Waals surface area (Å²) in [6, 6.07) is 55.0. The van der Waals surface area contributed by atoms with Gasteiger partial charge in [0, 0.05) is 49.9 Å². The summed E-state index contributed by atoms with van der Waals surface area (Å²) in [6.45, 7) is 4.73. The number of hydrogen-bond donors (Lipinski definition) is 0. The van der Waals surface area contributed by atoms with E-state index in [1.165, 1.54) is 60.8 Å². The van der Waals surface area contributed by atoms with Crippen molar-refractivity contribution in [2.45, 2.75) is 42.9 Å². The lowest BCUT2D eigenvalue weighted by Crippen LogP contribution is -2.19. The summed E-state index contributed by atoms with van der Waals surface area (Å²) in [5, 5.41) is 4.75. The maximum Gasteiger partial charge on any atom is 0.175 e. The van der Waals surface area contributed by atoms with Gasteiger partial charge >= 0.3 is 0 Å². The molecule has 0 saturated heterocycles. The lowest BCUT2D eigenvalue weighted by atomic mass is 9.72. The summed E-state index contributed by atoms with van der Waals surface area (Å²) in [4.78, 5) is 30.5. The molecule has 17 rings (SSSR count). The van der Waals surface area contributed by atoms with Gasteiger partial charge < -0.3 is 4.40 Å². The number of ketones is 2. The standard InChI is InChI=1S/C57H35NO2/c1-57(2)44-22-12-11-21-36(44)52-45(57)25-40-37-23-38-41(55(59)50-32-17-7-3-13-28(32)48(38)29-14-4-8-18-33(29)50)26-46(37)58-47-27-42-39(24-43(47)53(52)54(40)58)49-30-15-5-9-19-34(30)51(56(42)60)35-20-10-6-16-31(35)49/h3-27,48-51H,1-2H3. The first-order valence-electron chi connectivity index (χ1n) is 21.3. The van der Waals surface area contributed by atoms with E-state index < -0.39 is 0 Å². The Morgan fingerprint density at radius 2 is 0.817 bits per heavy atom. The Hall–Kier alpha value is -7.10. The van der Waals surface area contributed by atoms with Gasteiger partial charge in [-0.05, 0) is 108 Å². The van der Waals surface area contributed by atoms with Gasteiger partial charge in [0.25, 0.3) is 0 Å². The minimum Gasteiger partial charge on any atom is -0.308 e. The van der Waals surface area contributed by atoms with Crippen LogP contribution in [0.3, 0.4) is 0 Å². The SMILES string of the molecule is CC1(C)c2ccccc2-c2c1cc1c3cc4c(cc3n3c5cc6c(cc5c2c13)C1c2ccccc2C(C6=O)c2ccccc21)C(=O)C1c2ccccc2C4c2ccccc21. The monoisotopic (exact) mass is 765 g/mol. The molecule has 2 heterocycles. The second-order valence-electron chi connectivity index (χ2n) is 18.5. The van der Waals surface area contributed by atoms with Crippen molar-refractivity contribution in [3.8, 4) is 11.1 Å². The number of hydrogen-bond acceptors (Lipinski definition) is 2. The Morgan fingerprint density at radius 1 is 0.400 bits per heavy atom. The zero-order chi connectivity index (χ0) is 39.5. The molecule has 0 N–H and O–H groups in total. The van der Waals surface area contributed by atoms with Crippen LogP contribution >= 0.6 is 0 Å². The fourth-order valence-electron chi connectivity index (χ4n) is 13.2. The summed E-state index contributed by atoms with van der Waals surface area (Å²) in [5.41, 5.74) is 21.3. The molecule has 0 aliphatic heterocycles. The maximum atomic E-state index is 15.3. The van der Waals surface area contributed by atoms with Crippen molar-refractivity contribution in [3.63, 3.8) is 0 Å². The molecule has 2 aromatic heterocycles. The zero-order valence-corrected chi connectivity index (χ0v) is 33.0. The van der Waals surface area contributed by atoms with Crippen LogP contribution < -0.4 is 0 Å². The molecule has 0 fully saturated rings. The highest BCUT2D eigenvalue weighted by atomic mass is 16.1. The first-order valence-corrected chi connectivity index (χ1v) is 21.3. The number of carbonyl (C=O) groups excluding carboxylic acids is 2. The number of rotatable bonds is 0. The third-order valence-corrected chi connectivity index (χ3v) is 15.6. The van der Waals surface area contributed by atoms with E-state index in [1.54, 1.807) is 0 Å². The lowest BCUT2D eigenvalue weighted by Gasteiger charge is -2.30. The molecule has 0 spiro atoms. The molecule has 0 unspecified atom stereocenters. The molecule has 280 valence electrons. The lowest BCUT2D eigenvalue weighted by molar-refractivity contribution is 0.0966. The molecule has 0 amide bonds. The van der Waals surface area contributed by atoms with Crippen molar-refractivity contribution in [1.29, 1.82) is 0 Å². The molecule has 3 nitrogen and oxygen atoms in total. The van der Waals surface area contributed by atoms with E-state index in [-0.39, 0.29) is 40.7 Å². The summed E-state index contributed by atoms with van der Waals surface area (Å²) in [7, 11) is 0. The minimum absolute atomic E-state index is 0.0464. The van der Waals surface area contributed by atoms with E-state index in [4.69, 9.17) is 0 Å². The molecule has 3 heteroatoms. The summed E-state index contributed by atoms with van der Waals surface area (Å²) in [6.07, 6.45) is 0. The van der Waals surface area contributed by atoms with Gasteiger partial charge in [-0.2, -0.15) is 0 Å². The van der Waals surface area contributed by atoms with Crippen molar-refractivity contribution >= 4 is 49.7 Å². The predicted molar refractivity (Wildman–Crippen MR) is 239 cm³/mol. The quantitative estimate of drug-likeness (QED) is 0.154. The average molecular weight is 766 g/mol. The van der Waals surface area contributed by atoms with E-state index in [1.807, 2.05) is 0 Å². The van der Waals surface area contributed by atoms with Crippen molar-refractivity contribution in [3.05, 3.63) is 230 Å². The van der Waals surface area contributed by atoms with Crippen LogP contribution in [-0.4, -0.2) is 16.0 Å². The number of aromatic nitrogens is 1. The van der Waals surface area contributed by atoms with Gasteiger partial charge in [-0.3, -0.25) is 9.59 Å². The molecule has 4 bridgehead atoms. The molecule has 8 aromatic carbocycles. The second-order valence-corrected chi connectivity index (χ2v) is 18.5. The molecule has 10 aromatic rings. The van der Waals surface area contributed by atoms with Gasteiger partial charge in [0.2, 0.25) is 0 Å². The molecule has 60 heavy (non-hydrogen) atoms. The molecule has 7 aliphatic carbocycles. The largest absolute Gasteiger partial charge is 0.308 e. The third kappa shape index (κ3) is 3.44. The van der Waals surface area contributed by atoms with Crippen LogP contribution in [0.1, 0.15) is 125 Å². The van der Waals surface area contributed by atoms with E-state index in [0.717, 1.165) is 66.3 Å². The molecule has 0 saturated carbocycles. The normalized spacial score (nSPS) is 20.7. The average Bonchev–Trinajstić information content (AvgIpc) is 3.75. The fourth-order valence-corrected chi connectivity index (χ4v) is 13.2.